The molecule has 0 atom stereocenters. The van der Waals surface area contributed by atoms with Gasteiger partial charge in [-0.25, -0.2) is 4.79 Å². The predicted molar refractivity (Wildman–Crippen MR) is 77.5 cm³/mol. The molecule has 1 aromatic carbocycles. The second kappa shape index (κ2) is 8.58. The molecule has 5 heteroatoms. The van der Waals surface area contributed by atoms with Crippen LogP contribution in [0.4, 0.5) is 0 Å². The Morgan fingerprint density at radius 2 is 1.95 bits per heavy atom. The van der Waals surface area contributed by atoms with Crippen LogP contribution in [0.2, 0.25) is 0 Å². The van der Waals surface area contributed by atoms with Gasteiger partial charge in [0.2, 0.25) is 5.91 Å². The molecule has 0 fully saturated rings. The van der Waals surface area contributed by atoms with Gasteiger partial charge in [-0.05, 0) is 24.1 Å². The molecule has 0 heterocycles. The van der Waals surface area contributed by atoms with Gasteiger partial charge in [0.15, 0.2) is 0 Å². The van der Waals surface area contributed by atoms with E-state index >= 15 is 0 Å². The summed E-state index contributed by atoms with van der Waals surface area (Å²) >= 11 is 1.53. The first-order valence-corrected chi connectivity index (χ1v) is 7.45. The van der Waals surface area contributed by atoms with Gasteiger partial charge in [-0.15, -0.1) is 11.8 Å². The summed E-state index contributed by atoms with van der Waals surface area (Å²) in [6.07, 6.45) is 2.08. The van der Waals surface area contributed by atoms with Gasteiger partial charge in [-0.3, -0.25) is 4.79 Å². The molecule has 0 unspecified atom stereocenters. The highest BCUT2D eigenvalue weighted by Crippen LogP contribution is 2.13. The lowest BCUT2D eigenvalue weighted by atomic mass is 10.1. The number of carboxylic acids is 1. The van der Waals surface area contributed by atoms with Crippen LogP contribution in [-0.4, -0.2) is 29.3 Å². The van der Waals surface area contributed by atoms with Crippen molar-refractivity contribution in [3.05, 3.63) is 35.4 Å². The van der Waals surface area contributed by atoms with Crippen molar-refractivity contribution >= 4 is 23.6 Å². The Balaban J connectivity index is 2.25. The van der Waals surface area contributed by atoms with E-state index in [0.29, 0.717) is 11.5 Å². The van der Waals surface area contributed by atoms with Crippen LogP contribution < -0.4 is 5.32 Å². The van der Waals surface area contributed by atoms with Crippen LogP contribution in [0.3, 0.4) is 0 Å². The van der Waals surface area contributed by atoms with Crippen LogP contribution in [0.15, 0.2) is 24.3 Å². The monoisotopic (exact) mass is 281 g/mol. The number of aromatic carboxylic acids is 1. The Bertz CT molecular complexity index is 417. The normalized spacial score (nSPS) is 10.2. The molecule has 0 aliphatic rings. The number of hydrogen-bond acceptors (Lipinski definition) is 3. The molecule has 0 aliphatic carbocycles. The Morgan fingerprint density at radius 3 is 2.53 bits per heavy atom. The van der Waals surface area contributed by atoms with Crippen molar-refractivity contribution in [2.24, 2.45) is 0 Å². The summed E-state index contributed by atoms with van der Waals surface area (Å²) in [5.74, 6) is 0.279. The highest BCUT2D eigenvalue weighted by molar-refractivity contribution is 7.99. The zero-order valence-electron chi connectivity index (χ0n) is 11.0. The fourth-order valence-electron chi connectivity index (χ4n) is 1.46. The maximum absolute atomic E-state index is 11.4. The van der Waals surface area contributed by atoms with Crippen molar-refractivity contribution in [3.63, 3.8) is 0 Å². The van der Waals surface area contributed by atoms with Crippen LogP contribution in [-0.2, 0) is 10.5 Å². The molecule has 0 aromatic heterocycles. The third kappa shape index (κ3) is 6.29. The molecular formula is C14H19NO3S. The highest BCUT2D eigenvalue weighted by Gasteiger charge is 2.03. The summed E-state index contributed by atoms with van der Waals surface area (Å²) < 4.78 is 0. The lowest BCUT2D eigenvalue weighted by molar-refractivity contribution is -0.118. The molecule has 104 valence electrons. The summed E-state index contributed by atoms with van der Waals surface area (Å²) in [5, 5.41) is 11.6. The average Bonchev–Trinajstić information content (AvgIpc) is 2.39. The predicted octanol–water partition coefficient (Wildman–Crippen LogP) is 2.53. The maximum atomic E-state index is 11.4. The van der Waals surface area contributed by atoms with Crippen molar-refractivity contribution in [3.8, 4) is 0 Å². The first kappa shape index (κ1) is 15.6. The smallest absolute Gasteiger partial charge is 0.335 e. The lowest BCUT2D eigenvalue weighted by Gasteiger charge is -2.04. The summed E-state index contributed by atoms with van der Waals surface area (Å²) in [7, 11) is 0. The fourth-order valence-corrected chi connectivity index (χ4v) is 2.28. The van der Waals surface area contributed by atoms with Crippen molar-refractivity contribution in [2.45, 2.75) is 25.5 Å². The van der Waals surface area contributed by atoms with Gasteiger partial charge in [-0.1, -0.05) is 25.5 Å². The van der Waals surface area contributed by atoms with E-state index in [1.807, 2.05) is 0 Å². The zero-order chi connectivity index (χ0) is 14.1. The summed E-state index contributed by atoms with van der Waals surface area (Å²) in [6.45, 7) is 2.82. The van der Waals surface area contributed by atoms with Gasteiger partial charge < -0.3 is 10.4 Å². The molecule has 0 bridgehead atoms. The van der Waals surface area contributed by atoms with E-state index in [4.69, 9.17) is 5.11 Å². The third-order valence-electron chi connectivity index (χ3n) is 2.56. The van der Waals surface area contributed by atoms with Gasteiger partial charge >= 0.3 is 5.97 Å². The highest BCUT2D eigenvalue weighted by atomic mass is 32.2. The topological polar surface area (TPSA) is 66.4 Å². The van der Waals surface area contributed by atoms with Crippen molar-refractivity contribution in [1.82, 2.24) is 5.32 Å². The van der Waals surface area contributed by atoms with E-state index in [9.17, 15) is 9.59 Å². The maximum Gasteiger partial charge on any atom is 0.335 e. The second-order valence-corrected chi connectivity index (χ2v) is 5.18. The van der Waals surface area contributed by atoms with Gasteiger partial charge in [-0.2, -0.15) is 0 Å². The zero-order valence-corrected chi connectivity index (χ0v) is 11.8. The molecule has 0 spiro atoms. The Morgan fingerprint density at radius 1 is 1.26 bits per heavy atom. The molecule has 1 aromatic rings. The van der Waals surface area contributed by atoms with Crippen molar-refractivity contribution < 1.29 is 14.7 Å². The standard InChI is InChI=1S/C14H19NO3S/c1-2-3-8-15-13(16)10-19-9-11-4-6-12(7-5-11)14(17)18/h4-7H,2-3,8-10H2,1H3,(H,15,16)(H,17,18). The number of hydrogen-bond donors (Lipinski definition) is 2. The van der Waals surface area contributed by atoms with Crippen LogP contribution in [0, 0.1) is 0 Å². The SMILES string of the molecule is CCCCNC(=O)CSCc1ccc(C(=O)O)cc1. The molecule has 1 amide bonds. The van der Waals surface area contributed by atoms with Crippen LogP contribution in [0.1, 0.15) is 35.7 Å². The number of thioether (sulfide) groups is 1. The first-order chi connectivity index (χ1) is 9.13. The lowest BCUT2D eigenvalue weighted by Crippen LogP contribution is -2.26. The molecule has 0 saturated carbocycles. The number of carbonyl (C=O) groups excluding carboxylic acids is 1. The summed E-state index contributed by atoms with van der Waals surface area (Å²) in [6, 6.07) is 6.73. The first-order valence-electron chi connectivity index (χ1n) is 6.30. The quantitative estimate of drug-likeness (QED) is 0.719. The third-order valence-corrected chi connectivity index (χ3v) is 3.56. The van der Waals surface area contributed by atoms with E-state index in [2.05, 4.69) is 12.2 Å². The number of rotatable bonds is 8. The van der Waals surface area contributed by atoms with Crippen LogP contribution >= 0.6 is 11.8 Å². The van der Waals surface area contributed by atoms with Crippen LogP contribution in [0.25, 0.3) is 0 Å². The van der Waals surface area contributed by atoms with E-state index in [1.165, 1.54) is 11.8 Å². The summed E-state index contributed by atoms with van der Waals surface area (Å²) in [4.78, 5) is 22.1. The Hall–Kier alpha value is -1.49. The van der Waals surface area contributed by atoms with E-state index < -0.39 is 5.97 Å². The number of unbranched alkanes of at least 4 members (excludes halogenated alkanes) is 1. The minimum Gasteiger partial charge on any atom is -0.478 e. The molecule has 2 N–H and O–H groups in total. The molecule has 1 rings (SSSR count). The Kier molecular flexibility index (Phi) is 7.03. The van der Waals surface area contributed by atoms with Gasteiger partial charge in [0.25, 0.3) is 0 Å². The number of carboxylic acid groups (broad SMARTS) is 1. The second-order valence-electron chi connectivity index (χ2n) is 4.20. The largest absolute Gasteiger partial charge is 0.478 e. The fraction of sp³-hybridized carbons (Fsp3) is 0.429. The molecule has 0 saturated heterocycles. The van der Waals surface area contributed by atoms with Gasteiger partial charge in [0.1, 0.15) is 0 Å². The molecule has 19 heavy (non-hydrogen) atoms. The number of carbonyl (C=O) groups is 2. The minimum absolute atomic E-state index is 0.0561. The van der Waals surface area contributed by atoms with Gasteiger partial charge in [0.05, 0.1) is 11.3 Å². The molecule has 4 nitrogen and oxygen atoms in total. The van der Waals surface area contributed by atoms with Gasteiger partial charge in [0, 0.05) is 12.3 Å². The summed E-state index contributed by atoms with van der Waals surface area (Å²) in [5.41, 5.74) is 1.31. The molecule has 0 aliphatic heterocycles. The van der Waals surface area contributed by atoms with Crippen LogP contribution in [0.5, 0.6) is 0 Å². The van der Waals surface area contributed by atoms with E-state index in [0.717, 1.165) is 24.9 Å². The molecule has 0 radical (unpaired) electrons. The number of amides is 1. The minimum atomic E-state index is -0.922. The number of nitrogens with one attached hydrogen (secondary N) is 1. The van der Waals surface area contributed by atoms with Crippen molar-refractivity contribution in [2.75, 3.05) is 12.3 Å². The molecular weight excluding hydrogens is 262 g/mol. The Labute approximate surface area is 117 Å². The van der Waals surface area contributed by atoms with E-state index in [-0.39, 0.29) is 11.5 Å². The number of benzene rings is 1. The average molecular weight is 281 g/mol. The van der Waals surface area contributed by atoms with E-state index in [1.54, 1.807) is 24.3 Å². The van der Waals surface area contributed by atoms with Crippen molar-refractivity contribution in [1.29, 1.82) is 0 Å².